The van der Waals surface area contributed by atoms with Crippen LogP contribution >= 0.6 is 0 Å². The minimum absolute atomic E-state index is 0.0255. The summed E-state index contributed by atoms with van der Waals surface area (Å²) in [6.45, 7) is 10.3. The van der Waals surface area contributed by atoms with Crippen molar-refractivity contribution in [2.24, 2.45) is 0 Å². The van der Waals surface area contributed by atoms with Gasteiger partial charge >= 0.3 is 0 Å². The molecule has 0 amide bonds. The first-order chi connectivity index (χ1) is 4.95. The summed E-state index contributed by atoms with van der Waals surface area (Å²) in [5.74, 6) is 0. The molecule has 3 heteroatoms. The minimum Gasteiger partial charge on any atom is -0.258 e. The Labute approximate surface area is 65.9 Å². The maximum atomic E-state index is 10.3. The fourth-order valence-electron chi connectivity index (χ4n) is 0.565. The molecule has 0 saturated carbocycles. The van der Waals surface area contributed by atoms with Crippen LogP contribution in [0.2, 0.25) is 0 Å². The van der Waals surface area contributed by atoms with Gasteiger partial charge in [-0.05, 0) is 13.8 Å². The highest BCUT2D eigenvalue weighted by atomic mass is 16.6. The molecule has 0 saturated heterocycles. The number of hydrogen-bond acceptors (Lipinski definition) is 2. The van der Waals surface area contributed by atoms with Gasteiger partial charge < -0.3 is 0 Å². The summed E-state index contributed by atoms with van der Waals surface area (Å²) in [6.07, 6.45) is 1.41. The van der Waals surface area contributed by atoms with E-state index in [-0.39, 0.29) is 5.70 Å². The zero-order valence-electron chi connectivity index (χ0n) is 6.76. The van der Waals surface area contributed by atoms with E-state index in [1.54, 1.807) is 13.8 Å². The van der Waals surface area contributed by atoms with Gasteiger partial charge in [-0.1, -0.05) is 18.7 Å². The Morgan fingerprint density at radius 2 is 1.91 bits per heavy atom. The third-order valence-corrected chi connectivity index (χ3v) is 1.02. The van der Waals surface area contributed by atoms with Crippen LogP contribution in [-0.4, -0.2) is 4.92 Å². The van der Waals surface area contributed by atoms with Crippen molar-refractivity contribution in [3.63, 3.8) is 0 Å². The summed E-state index contributed by atoms with van der Waals surface area (Å²) in [5.41, 5.74) is 1.12. The van der Waals surface area contributed by atoms with E-state index in [2.05, 4.69) is 13.2 Å². The number of hydrogen-bond donors (Lipinski definition) is 0. The molecule has 0 aromatic carbocycles. The Morgan fingerprint density at radius 1 is 1.45 bits per heavy atom. The number of rotatable bonds is 3. The molecule has 0 aliphatic heterocycles. The van der Waals surface area contributed by atoms with Crippen LogP contribution in [0.5, 0.6) is 0 Å². The molecule has 3 nitrogen and oxygen atoms in total. The monoisotopic (exact) mass is 153 g/mol. The smallest absolute Gasteiger partial charge is 0.258 e. The Kier molecular flexibility index (Phi) is 3.24. The predicted octanol–water partition coefficient (Wildman–Crippen LogP) is 2.30. The second kappa shape index (κ2) is 3.71. The number of allylic oxidation sites excluding steroid dienone is 3. The van der Waals surface area contributed by atoms with Crippen molar-refractivity contribution in [1.29, 1.82) is 0 Å². The van der Waals surface area contributed by atoms with E-state index in [0.717, 1.165) is 0 Å². The summed E-state index contributed by atoms with van der Waals surface area (Å²) >= 11 is 0. The van der Waals surface area contributed by atoms with Gasteiger partial charge in [-0.2, -0.15) is 0 Å². The summed E-state index contributed by atoms with van der Waals surface area (Å²) in [6, 6.07) is 0. The van der Waals surface area contributed by atoms with Gasteiger partial charge in [0, 0.05) is 11.6 Å². The third-order valence-electron chi connectivity index (χ3n) is 1.02. The molecule has 0 fully saturated rings. The average molecular weight is 153 g/mol. The summed E-state index contributed by atoms with van der Waals surface area (Å²) in [4.78, 5) is 9.85. The lowest BCUT2D eigenvalue weighted by Crippen LogP contribution is -1.99. The van der Waals surface area contributed by atoms with Crippen molar-refractivity contribution in [3.05, 3.63) is 46.2 Å². The minimum atomic E-state index is -0.461. The average Bonchev–Trinajstić information content (AvgIpc) is 1.81. The highest BCUT2D eigenvalue weighted by molar-refractivity contribution is 5.26. The summed E-state index contributed by atoms with van der Waals surface area (Å²) in [7, 11) is 0. The molecule has 0 unspecified atom stereocenters. The Balaban J connectivity index is 4.75. The largest absolute Gasteiger partial charge is 0.271 e. The van der Waals surface area contributed by atoms with E-state index in [1.165, 1.54) is 6.08 Å². The third kappa shape index (κ3) is 3.35. The molecule has 0 aromatic rings. The normalized spacial score (nSPS) is 10.9. The van der Waals surface area contributed by atoms with Crippen LogP contribution in [0.4, 0.5) is 0 Å². The van der Waals surface area contributed by atoms with Crippen LogP contribution in [0, 0.1) is 10.1 Å². The topological polar surface area (TPSA) is 43.1 Å². The summed E-state index contributed by atoms with van der Waals surface area (Å²) < 4.78 is 0. The highest BCUT2D eigenvalue weighted by Gasteiger charge is 2.09. The lowest BCUT2D eigenvalue weighted by molar-refractivity contribution is -0.420. The molecule has 0 aromatic heterocycles. The fraction of sp³-hybridized carbons (Fsp3) is 0.250. The van der Waals surface area contributed by atoms with E-state index >= 15 is 0 Å². The quantitative estimate of drug-likeness (QED) is 0.354. The van der Waals surface area contributed by atoms with Crippen LogP contribution < -0.4 is 0 Å². The van der Waals surface area contributed by atoms with Gasteiger partial charge in [0.25, 0.3) is 5.70 Å². The van der Waals surface area contributed by atoms with Gasteiger partial charge in [-0.25, -0.2) is 0 Å². The van der Waals surface area contributed by atoms with Gasteiger partial charge in [0.05, 0.1) is 4.92 Å². The van der Waals surface area contributed by atoms with E-state index in [1.807, 2.05) is 0 Å². The molecule has 0 aliphatic carbocycles. The van der Waals surface area contributed by atoms with Crippen molar-refractivity contribution < 1.29 is 4.92 Å². The molecule has 0 aliphatic rings. The van der Waals surface area contributed by atoms with Gasteiger partial charge in [0.2, 0.25) is 0 Å². The van der Waals surface area contributed by atoms with Gasteiger partial charge in [0.15, 0.2) is 0 Å². The Hall–Kier alpha value is -1.38. The first kappa shape index (κ1) is 9.62. The van der Waals surface area contributed by atoms with E-state index < -0.39 is 4.92 Å². The van der Waals surface area contributed by atoms with Gasteiger partial charge in [-0.15, -0.1) is 0 Å². The lowest BCUT2D eigenvalue weighted by Gasteiger charge is -1.95. The van der Waals surface area contributed by atoms with E-state index in [9.17, 15) is 10.1 Å². The molecular formula is C8H11NO2. The standard InChI is InChI=1S/C8H11NO2/c1-6(2)5-8(7(3)4)9(10)11/h5H,1,3H2,2,4H3/b8-5+. The van der Waals surface area contributed by atoms with Crippen LogP contribution in [0.15, 0.2) is 36.1 Å². The van der Waals surface area contributed by atoms with Crippen molar-refractivity contribution in [2.75, 3.05) is 0 Å². The lowest BCUT2D eigenvalue weighted by atomic mass is 10.2. The van der Waals surface area contributed by atoms with Crippen molar-refractivity contribution in [2.45, 2.75) is 13.8 Å². The van der Waals surface area contributed by atoms with Crippen LogP contribution in [0.1, 0.15) is 13.8 Å². The fourth-order valence-corrected chi connectivity index (χ4v) is 0.565. The van der Waals surface area contributed by atoms with Crippen molar-refractivity contribution in [1.82, 2.24) is 0 Å². The zero-order chi connectivity index (χ0) is 9.02. The summed E-state index contributed by atoms with van der Waals surface area (Å²) in [5, 5.41) is 10.3. The highest BCUT2D eigenvalue weighted by Crippen LogP contribution is 2.09. The molecule has 0 atom stereocenters. The van der Waals surface area contributed by atoms with Crippen LogP contribution in [0.25, 0.3) is 0 Å². The molecule has 0 radical (unpaired) electrons. The first-order valence-electron chi connectivity index (χ1n) is 3.12. The predicted molar refractivity (Wildman–Crippen MR) is 44.7 cm³/mol. The molecule has 0 heterocycles. The van der Waals surface area contributed by atoms with E-state index in [4.69, 9.17) is 0 Å². The van der Waals surface area contributed by atoms with Crippen LogP contribution in [0.3, 0.4) is 0 Å². The second-order valence-electron chi connectivity index (χ2n) is 2.41. The molecular weight excluding hydrogens is 142 g/mol. The van der Waals surface area contributed by atoms with Crippen LogP contribution in [-0.2, 0) is 0 Å². The zero-order valence-corrected chi connectivity index (χ0v) is 6.76. The molecule has 0 bridgehead atoms. The number of nitrogens with zero attached hydrogens (tertiary/aromatic N) is 1. The maximum Gasteiger partial charge on any atom is 0.271 e. The van der Waals surface area contributed by atoms with Gasteiger partial charge in [0.1, 0.15) is 0 Å². The number of nitro groups is 1. The molecule has 0 spiro atoms. The molecule has 0 N–H and O–H groups in total. The molecule has 60 valence electrons. The maximum absolute atomic E-state index is 10.3. The Bertz CT molecular complexity index is 222. The Morgan fingerprint density at radius 3 is 2.00 bits per heavy atom. The second-order valence-corrected chi connectivity index (χ2v) is 2.41. The van der Waals surface area contributed by atoms with E-state index in [0.29, 0.717) is 11.1 Å². The SMILES string of the molecule is C=C(C)/C=C(\C(=C)C)[N+](=O)[O-]. The van der Waals surface area contributed by atoms with Crippen molar-refractivity contribution in [3.8, 4) is 0 Å². The first-order valence-corrected chi connectivity index (χ1v) is 3.12. The van der Waals surface area contributed by atoms with Crippen molar-refractivity contribution >= 4 is 0 Å². The molecule has 11 heavy (non-hydrogen) atoms. The molecule has 0 rings (SSSR count). The van der Waals surface area contributed by atoms with Gasteiger partial charge in [-0.3, -0.25) is 10.1 Å².